The minimum atomic E-state index is 0.0295. The SMILES string of the molecule is Cc1cn2ccnc(-c3ccc(CN4C(=O)CCn5nc(-c6c(Cl)cnn6C(C)C)cc54)cc3Cl)c2n1. The predicted molar refractivity (Wildman–Crippen MR) is 143 cm³/mol. The van der Waals surface area contributed by atoms with E-state index < -0.39 is 0 Å². The molecule has 5 aromatic rings. The number of aromatic nitrogens is 7. The molecule has 0 saturated carbocycles. The van der Waals surface area contributed by atoms with Gasteiger partial charge in [-0.3, -0.25) is 19.4 Å². The van der Waals surface area contributed by atoms with E-state index in [-0.39, 0.29) is 11.9 Å². The summed E-state index contributed by atoms with van der Waals surface area (Å²) < 4.78 is 5.63. The third-order valence-electron chi connectivity index (χ3n) is 6.48. The van der Waals surface area contributed by atoms with Gasteiger partial charge in [-0.25, -0.2) is 9.67 Å². The maximum absolute atomic E-state index is 13.0. The highest BCUT2D eigenvalue weighted by molar-refractivity contribution is 6.33. The molecule has 5 heterocycles. The molecule has 0 bridgehead atoms. The molecular formula is C26H24Cl2N8O. The Balaban J connectivity index is 1.34. The summed E-state index contributed by atoms with van der Waals surface area (Å²) in [4.78, 5) is 23.9. The topological polar surface area (TPSA) is 86.1 Å². The fraction of sp³-hybridized carbons (Fsp3) is 0.269. The zero-order valence-corrected chi connectivity index (χ0v) is 22.1. The first-order valence-electron chi connectivity index (χ1n) is 12.0. The third-order valence-corrected chi connectivity index (χ3v) is 7.07. The van der Waals surface area contributed by atoms with E-state index in [0.717, 1.165) is 34.0 Å². The van der Waals surface area contributed by atoms with E-state index in [1.165, 1.54) is 0 Å². The Morgan fingerprint density at radius 2 is 1.97 bits per heavy atom. The van der Waals surface area contributed by atoms with Gasteiger partial charge in [0.15, 0.2) is 5.65 Å². The van der Waals surface area contributed by atoms with Gasteiger partial charge < -0.3 is 4.40 Å². The third kappa shape index (κ3) is 4.08. The number of aryl methyl sites for hydroxylation is 2. The van der Waals surface area contributed by atoms with Crippen molar-refractivity contribution < 1.29 is 4.79 Å². The highest BCUT2D eigenvalue weighted by Crippen LogP contribution is 2.35. The first-order valence-corrected chi connectivity index (χ1v) is 12.8. The normalized spacial score (nSPS) is 13.7. The van der Waals surface area contributed by atoms with Crippen LogP contribution in [0, 0.1) is 6.92 Å². The molecule has 1 aliphatic rings. The molecule has 37 heavy (non-hydrogen) atoms. The molecule has 0 radical (unpaired) electrons. The van der Waals surface area contributed by atoms with E-state index in [4.69, 9.17) is 28.3 Å². The Hall–Kier alpha value is -3.69. The van der Waals surface area contributed by atoms with Gasteiger partial charge >= 0.3 is 0 Å². The largest absolute Gasteiger partial charge is 0.303 e. The van der Waals surface area contributed by atoms with Crippen molar-refractivity contribution in [1.82, 2.24) is 33.9 Å². The number of hydrogen-bond acceptors (Lipinski definition) is 5. The van der Waals surface area contributed by atoms with Crippen LogP contribution in [0.5, 0.6) is 0 Å². The van der Waals surface area contributed by atoms with E-state index in [9.17, 15) is 4.79 Å². The van der Waals surface area contributed by atoms with Crippen LogP contribution in [0.25, 0.3) is 28.3 Å². The van der Waals surface area contributed by atoms with E-state index >= 15 is 0 Å². The summed E-state index contributed by atoms with van der Waals surface area (Å²) in [6, 6.07) is 7.80. The molecule has 0 unspecified atom stereocenters. The van der Waals surface area contributed by atoms with Gasteiger partial charge in [-0.1, -0.05) is 35.3 Å². The van der Waals surface area contributed by atoms with Gasteiger partial charge in [-0.2, -0.15) is 10.2 Å². The molecule has 1 aromatic carbocycles. The molecule has 11 heteroatoms. The Labute approximate surface area is 223 Å². The second kappa shape index (κ2) is 9.00. The molecule has 188 valence electrons. The maximum atomic E-state index is 13.0. The molecule has 6 rings (SSSR count). The van der Waals surface area contributed by atoms with Gasteiger partial charge in [-0.15, -0.1) is 0 Å². The van der Waals surface area contributed by atoms with Crippen molar-refractivity contribution in [3.8, 4) is 22.6 Å². The number of benzene rings is 1. The second-order valence-electron chi connectivity index (χ2n) is 9.42. The second-order valence-corrected chi connectivity index (χ2v) is 10.2. The number of halogens is 2. The highest BCUT2D eigenvalue weighted by atomic mass is 35.5. The van der Waals surface area contributed by atoms with Crippen LogP contribution in [-0.2, 0) is 17.9 Å². The van der Waals surface area contributed by atoms with Gasteiger partial charge in [0.2, 0.25) is 5.91 Å². The van der Waals surface area contributed by atoms with Crippen LogP contribution in [0.4, 0.5) is 5.82 Å². The molecule has 0 aliphatic carbocycles. The number of hydrogen-bond donors (Lipinski definition) is 0. The minimum Gasteiger partial charge on any atom is -0.303 e. The number of fused-ring (bicyclic) bond motifs is 2. The first-order chi connectivity index (χ1) is 17.8. The number of nitrogens with zero attached hydrogens (tertiary/aromatic N) is 8. The molecule has 1 amide bonds. The molecule has 0 spiro atoms. The summed E-state index contributed by atoms with van der Waals surface area (Å²) >= 11 is 13.2. The van der Waals surface area contributed by atoms with Gasteiger partial charge in [0.1, 0.15) is 22.9 Å². The fourth-order valence-corrected chi connectivity index (χ4v) is 5.29. The zero-order valence-electron chi connectivity index (χ0n) is 20.6. The van der Waals surface area contributed by atoms with Crippen LogP contribution in [-0.4, -0.2) is 39.8 Å². The van der Waals surface area contributed by atoms with Gasteiger partial charge in [0.25, 0.3) is 0 Å². The van der Waals surface area contributed by atoms with E-state index in [1.54, 1.807) is 17.3 Å². The number of rotatable bonds is 5. The van der Waals surface area contributed by atoms with Crippen molar-refractivity contribution in [3.63, 3.8) is 0 Å². The summed E-state index contributed by atoms with van der Waals surface area (Å²) in [6.07, 6.45) is 7.53. The standard InChI is InChI=1S/C26H24Cl2N8O/c1-15(2)36-25(20(28)12-30-36)21-11-22-34(23(37)6-8-35(22)32-21)14-17-4-5-18(19(27)10-17)24-26-31-16(3)13-33(26)9-7-29-24/h4-5,7,9-13,15H,6,8,14H2,1-3H3. The van der Waals surface area contributed by atoms with E-state index in [2.05, 4.69) is 15.1 Å². The smallest absolute Gasteiger partial charge is 0.230 e. The van der Waals surface area contributed by atoms with Crippen LogP contribution in [0.15, 0.2) is 49.1 Å². The predicted octanol–water partition coefficient (Wildman–Crippen LogP) is 5.59. The fourth-order valence-electron chi connectivity index (χ4n) is 4.77. The number of carbonyl (C=O) groups is 1. The number of amides is 1. The summed E-state index contributed by atoms with van der Waals surface area (Å²) in [7, 11) is 0. The molecule has 4 aromatic heterocycles. The lowest BCUT2D eigenvalue weighted by molar-refractivity contribution is -0.119. The van der Waals surface area contributed by atoms with Crippen molar-refractivity contribution >= 4 is 40.6 Å². The van der Waals surface area contributed by atoms with Crippen molar-refractivity contribution in [2.45, 2.75) is 46.3 Å². The highest BCUT2D eigenvalue weighted by Gasteiger charge is 2.28. The molecule has 0 N–H and O–H groups in total. The summed E-state index contributed by atoms with van der Waals surface area (Å²) in [5.74, 6) is 0.750. The van der Waals surface area contributed by atoms with Crippen molar-refractivity contribution in [3.05, 3.63) is 70.4 Å². The van der Waals surface area contributed by atoms with Crippen molar-refractivity contribution in [2.24, 2.45) is 0 Å². The molecule has 1 aliphatic heterocycles. The van der Waals surface area contributed by atoms with E-state index in [0.29, 0.717) is 40.9 Å². The molecule has 0 saturated heterocycles. The molecule has 0 atom stereocenters. The van der Waals surface area contributed by atoms with Crippen LogP contribution >= 0.6 is 23.2 Å². The van der Waals surface area contributed by atoms with Crippen LogP contribution in [0.3, 0.4) is 0 Å². The summed E-state index contributed by atoms with van der Waals surface area (Å²) in [6.45, 7) is 6.89. The first kappa shape index (κ1) is 23.7. The summed E-state index contributed by atoms with van der Waals surface area (Å²) in [5.41, 5.74) is 5.48. The monoisotopic (exact) mass is 534 g/mol. The Morgan fingerprint density at radius 3 is 2.76 bits per heavy atom. The zero-order chi connectivity index (χ0) is 25.8. The maximum Gasteiger partial charge on any atom is 0.230 e. The quantitative estimate of drug-likeness (QED) is 0.293. The Morgan fingerprint density at radius 1 is 1.14 bits per heavy atom. The lowest BCUT2D eigenvalue weighted by Gasteiger charge is -2.27. The van der Waals surface area contributed by atoms with Crippen LogP contribution < -0.4 is 4.90 Å². The van der Waals surface area contributed by atoms with Gasteiger partial charge in [0, 0.05) is 42.7 Å². The van der Waals surface area contributed by atoms with Gasteiger partial charge in [-0.05, 0) is 32.4 Å². The lowest BCUT2D eigenvalue weighted by Crippen LogP contribution is -2.36. The minimum absolute atomic E-state index is 0.0295. The molecule has 9 nitrogen and oxygen atoms in total. The van der Waals surface area contributed by atoms with Crippen molar-refractivity contribution in [2.75, 3.05) is 4.90 Å². The molecule has 0 fully saturated rings. The van der Waals surface area contributed by atoms with Crippen LogP contribution in [0.2, 0.25) is 10.0 Å². The average Bonchev–Trinajstić information content (AvgIpc) is 3.56. The lowest BCUT2D eigenvalue weighted by atomic mass is 10.1. The number of carbonyl (C=O) groups excluding carboxylic acids is 1. The Bertz CT molecular complexity index is 1660. The number of imidazole rings is 1. The Kier molecular flexibility index (Phi) is 5.77. The molecular weight excluding hydrogens is 511 g/mol. The number of anilines is 1. The van der Waals surface area contributed by atoms with Crippen LogP contribution in [0.1, 0.15) is 37.6 Å². The average molecular weight is 535 g/mol. The van der Waals surface area contributed by atoms with Crippen molar-refractivity contribution in [1.29, 1.82) is 0 Å². The van der Waals surface area contributed by atoms with Gasteiger partial charge in [0.05, 0.1) is 35.0 Å². The summed E-state index contributed by atoms with van der Waals surface area (Å²) in [5, 5.41) is 10.2. The van der Waals surface area contributed by atoms with E-state index in [1.807, 2.05) is 71.2 Å².